The number of carbonyl (C=O) groups excluding carboxylic acids is 2. The fourth-order valence-electron chi connectivity index (χ4n) is 5.25. The standard InChI is InChI=1S/C29H37ClN4O2.C2H6O/c1-32(21-35)17-12-23(27-20-25(30)10-11-28(27)31)7-4-22-5-8-24(9-6-22)29(36)34-18-13-26(14-19-34)33-15-2-3-16-33;1-2-3/h5-11,20-21,26H,2-4,12-19,31H2,1H3;3H,2H2,1H3/b23-7+;. The fraction of sp³-hybridized carbons (Fsp3) is 0.484. The summed E-state index contributed by atoms with van der Waals surface area (Å²) in [7, 11) is 1.76. The fourth-order valence-corrected chi connectivity index (χ4v) is 5.42. The Kier molecular flexibility index (Phi) is 12.3. The van der Waals surface area contributed by atoms with E-state index in [0.29, 0.717) is 36.1 Å². The molecule has 3 N–H and O–H groups in total. The molecule has 2 aromatic carbocycles. The highest BCUT2D eigenvalue weighted by Gasteiger charge is 2.28. The summed E-state index contributed by atoms with van der Waals surface area (Å²) in [6, 6.07) is 14.0. The molecule has 0 aromatic heterocycles. The van der Waals surface area contributed by atoms with Crippen LogP contribution in [0, 0.1) is 0 Å². The monoisotopic (exact) mass is 554 g/mol. The molecule has 2 aliphatic rings. The molecule has 0 unspecified atom stereocenters. The van der Waals surface area contributed by atoms with Gasteiger partial charge in [0.2, 0.25) is 6.41 Å². The largest absolute Gasteiger partial charge is 0.398 e. The molecule has 0 aliphatic carbocycles. The quantitative estimate of drug-likeness (QED) is 0.345. The number of hydrogen-bond acceptors (Lipinski definition) is 5. The zero-order valence-electron chi connectivity index (χ0n) is 23.3. The maximum atomic E-state index is 13.1. The van der Waals surface area contributed by atoms with Gasteiger partial charge in [-0.15, -0.1) is 0 Å². The summed E-state index contributed by atoms with van der Waals surface area (Å²) >= 11 is 6.23. The number of allylic oxidation sites excluding steroid dienone is 1. The number of halogens is 1. The number of hydrogen-bond donors (Lipinski definition) is 2. The molecule has 2 aromatic rings. The number of anilines is 1. The van der Waals surface area contributed by atoms with Crippen LogP contribution >= 0.6 is 11.6 Å². The molecular weight excluding hydrogens is 512 g/mol. The van der Waals surface area contributed by atoms with Gasteiger partial charge in [0.15, 0.2) is 0 Å². The van der Waals surface area contributed by atoms with Gasteiger partial charge in [0.1, 0.15) is 0 Å². The van der Waals surface area contributed by atoms with Crippen LogP contribution in [0.1, 0.15) is 60.5 Å². The molecule has 2 aliphatic heterocycles. The summed E-state index contributed by atoms with van der Waals surface area (Å²) in [5.74, 6) is 0.126. The first kappa shape index (κ1) is 30.7. The normalized spacial score (nSPS) is 16.5. The highest BCUT2D eigenvalue weighted by Crippen LogP contribution is 2.28. The molecule has 0 saturated carbocycles. The lowest BCUT2D eigenvalue weighted by atomic mass is 9.97. The zero-order valence-corrected chi connectivity index (χ0v) is 24.1. The van der Waals surface area contributed by atoms with Crippen molar-refractivity contribution in [1.29, 1.82) is 0 Å². The SMILES string of the molecule is CCO.CN(C=O)CC/C(=C\Cc1ccc(C(=O)N2CCC(N3CCCC3)CC2)cc1)c1cc(Cl)ccc1N. The summed E-state index contributed by atoms with van der Waals surface area (Å²) in [5.41, 5.74) is 10.7. The predicted molar refractivity (Wildman–Crippen MR) is 160 cm³/mol. The van der Waals surface area contributed by atoms with Gasteiger partial charge in [-0.1, -0.05) is 29.8 Å². The van der Waals surface area contributed by atoms with E-state index in [9.17, 15) is 9.59 Å². The van der Waals surface area contributed by atoms with E-state index >= 15 is 0 Å². The van der Waals surface area contributed by atoms with Crippen molar-refractivity contribution in [3.8, 4) is 0 Å². The number of rotatable bonds is 9. The van der Waals surface area contributed by atoms with E-state index in [-0.39, 0.29) is 12.5 Å². The Labute approximate surface area is 238 Å². The maximum Gasteiger partial charge on any atom is 0.253 e. The van der Waals surface area contributed by atoms with Gasteiger partial charge < -0.3 is 25.5 Å². The van der Waals surface area contributed by atoms with Crippen molar-refractivity contribution in [1.82, 2.24) is 14.7 Å². The Hall–Kier alpha value is -2.87. The third kappa shape index (κ3) is 9.09. The predicted octanol–water partition coefficient (Wildman–Crippen LogP) is 4.73. The van der Waals surface area contributed by atoms with Crippen LogP contribution in [0.25, 0.3) is 5.57 Å². The van der Waals surface area contributed by atoms with Crippen LogP contribution in [0.4, 0.5) is 5.69 Å². The van der Waals surface area contributed by atoms with Crippen LogP contribution < -0.4 is 5.73 Å². The minimum Gasteiger partial charge on any atom is -0.398 e. The molecular formula is C31H43ClN4O3. The Bertz CT molecular complexity index is 1090. The Morgan fingerprint density at radius 2 is 1.74 bits per heavy atom. The summed E-state index contributed by atoms with van der Waals surface area (Å²) in [6.07, 6.45) is 9.09. The molecule has 2 fully saturated rings. The molecule has 4 rings (SSSR count). The molecule has 0 bridgehead atoms. The molecule has 2 amide bonds. The summed E-state index contributed by atoms with van der Waals surface area (Å²) in [5, 5.41) is 8.20. The van der Waals surface area contributed by atoms with Crippen molar-refractivity contribution >= 4 is 35.2 Å². The number of carbonyl (C=O) groups is 2. The molecule has 0 spiro atoms. The third-order valence-electron chi connectivity index (χ3n) is 7.47. The number of piperidine rings is 1. The van der Waals surface area contributed by atoms with Crippen LogP contribution in [0.5, 0.6) is 0 Å². The lowest BCUT2D eigenvalue weighted by Gasteiger charge is -2.36. The van der Waals surface area contributed by atoms with Crippen LogP contribution in [-0.4, -0.2) is 84.5 Å². The smallest absolute Gasteiger partial charge is 0.253 e. The topological polar surface area (TPSA) is 90.1 Å². The number of nitrogens with zero attached hydrogens (tertiary/aromatic N) is 3. The molecule has 0 atom stereocenters. The Morgan fingerprint density at radius 3 is 2.36 bits per heavy atom. The molecule has 2 saturated heterocycles. The van der Waals surface area contributed by atoms with E-state index < -0.39 is 0 Å². The minimum absolute atomic E-state index is 0.126. The minimum atomic E-state index is 0.126. The van der Waals surface area contributed by atoms with Crippen LogP contribution in [0.15, 0.2) is 48.5 Å². The number of nitrogens with two attached hydrogens (primary N) is 1. The molecule has 0 radical (unpaired) electrons. The first-order chi connectivity index (χ1) is 18.9. The third-order valence-corrected chi connectivity index (χ3v) is 7.70. The van der Waals surface area contributed by atoms with E-state index in [0.717, 1.165) is 54.6 Å². The van der Waals surface area contributed by atoms with E-state index in [1.54, 1.807) is 24.9 Å². The number of amides is 2. The highest BCUT2D eigenvalue weighted by atomic mass is 35.5. The first-order valence-electron chi connectivity index (χ1n) is 14.0. The molecule has 2 heterocycles. The Morgan fingerprint density at radius 1 is 1.10 bits per heavy atom. The summed E-state index contributed by atoms with van der Waals surface area (Å²) in [4.78, 5) is 30.4. The van der Waals surface area contributed by atoms with Gasteiger partial charge in [-0.2, -0.15) is 0 Å². The van der Waals surface area contributed by atoms with Gasteiger partial charge >= 0.3 is 0 Å². The van der Waals surface area contributed by atoms with Crippen molar-refractivity contribution in [2.75, 3.05) is 52.1 Å². The van der Waals surface area contributed by atoms with E-state index in [2.05, 4.69) is 11.0 Å². The number of aliphatic hydroxyl groups excluding tert-OH is 1. The van der Waals surface area contributed by atoms with Crippen LogP contribution in [0.2, 0.25) is 5.02 Å². The number of nitrogen functional groups attached to an aromatic ring is 1. The molecule has 212 valence electrons. The highest BCUT2D eigenvalue weighted by molar-refractivity contribution is 6.30. The second-order valence-electron chi connectivity index (χ2n) is 10.3. The van der Waals surface area contributed by atoms with Gasteiger partial charge in [0.05, 0.1) is 0 Å². The van der Waals surface area contributed by atoms with Crippen molar-refractivity contribution in [2.45, 2.75) is 51.5 Å². The van der Waals surface area contributed by atoms with E-state index in [1.807, 2.05) is 41.3 Å². The van der Waals surface area contributed by atoms with Gasteiger partial charge in [-0.3, -0.25) is 9.59 Å². The number of likely N-dealkylation sites (tertiary alicyclic amines) is 2. The van der Waals surface area contributed by atoms with Gasteiger partial charge in [-0.05, 0) is 100 Å². The maximum absolute atomic E-state index is 13.1. The van der Waals surface area contributed by atoms with Gasteiger partial charge in [0, 0.05) is 61.2 Å². The molecule has 8 heteroatoms. The number of aliphatic hydroxyl groups is 1. The lowest BCUT2D eigenvalue weighted by Crippen LogP contribution is -2.45. The summed E-state index contributed by atoms with van der Waals surface area (Å²) < 4.78 is 0. The van der Waals surface area contributed by atoms with Gasteiger partial charge in [0.25, 0.3) is 5.91 Å². The van der Waals surface area contributed by atoms with E-state index in [4.69, 9.17) is 22.4 Å². The average Bonchev–Trinajstić information content (AvgIpc) is 3.50. The molecule has 39 heavy (non-hydrogen) atoms. The number of benzene rings is 2. The van der Waals surface area contributed by atoms with Crippen LogP contribution in [-0.2, 0) is 11.2 Å². The second kappa shape index (κ2) is 15.7. The van der Waals surface area contributed by atoms with Crippen molar-refractivity contribution in [3.63, 3.8) is 0 Å². The average molecular weight is 555 g/mol. The molecule has 7 nitrogen and oxygen atoms in total. The van der Waals surface area contributed by atoms with Crippen LogP contribution in [0.3, 0.4) is 0 Å². The van der Waals surface area contributed by atoms with Crippen molar-refractivity contribution < 1.29 is 14.7 Å². The lowest BCUT2D eigenvalue weighted by molar-refractivity contribution is -0.116. The Balaban J connectivity index is 0.00000134. The second-order valence-corrected chi connectivity index (χ2v) is 10.7. The van der Waals surface area contributed by atoms with Crippen molar-refractivity contribution in [2.24, 2.45) is 0 Å². The van der Waals surface area contributed by atoms with Crippen molar-refractivity contribution in [3.05, 3.63) is 70.3 Å². The first-order valence-corrected chi connectivity index (χ1v) is 14.4. The van der Waals surface area contributed by atoms with E-state index in [1.165, 1.54) is 25.9 Å². The van der Waals surface area contributed by atoms with Gasteiger partial charge in [-0.25, -0.2) is 0 Å². The summed E-state index contributed by atoms with van der Waals surface area (Å²) in [6.45, 7) is 6.62. The zero-order chi connectivity index (χ0) is 28.2.